The van der Waals surface area contributed by atoms with Crippen molar-refractivity contribution in [2.75, 3.05) is 24.6 Å². The summed E-state index contributed by atoms with van der Waals surface area (Å²) < 4.78 is 0. The summed E-state index contributed by atoms with van der Waals surface area (Å²) in [4.78, 5) is 25.1. The van der Waals surface area contributed by atoms with Crippen LogP contribution in [0.3, 0.4) is 0 Å². The Bertz CT molecular complexity index is 464. The molecule has 2 aliphatic rings. The van der Waals surface area contributed by atoms with E-state index < -0.39 is 0 Å². The molecule has 1 saturated carbocycles. The lowest BCUT2D eigenvalue weighted by Crippen LogP contribution is -2.48. The number of aliphatic hydroxyl groups is 1. The number of hydrogen-bond acceptors (Lipinski definition) is 5. The molecule has 108 valence electrons. The normalized spacial score (nSPS) is 22.1. The van der Waals surface area contributed by atoms with Gasteiger partial charge in [-0.1, -0.05) is 0 Å². The standard InChI is InChI=1S/C14H20N4O2/c19-10-9-17(11-4-5-11)13(20)12-3-1-8-18(12)14-15-6-2-7-16-14/h2,6-7,11-12,19H,1,3-5,8-10H2. The number of nitrogens with zero attached hydrogens (tertiary/aromatic N) is 4. The molecule has 1 amide bonds. The van der Waals surface area contributed by atoms with Gasteiger partial charge in [-0.3, -0.25) is 4.79 Å². The Morgan fingerprint density at radius 3 is 2.75 bits per heavy atom. The predicted octanol–water partition coefficient (Wildman–Crippen LogP) is 0.429. The van der Waals surface area contributed by atoms with Crippen LogP contribution in [0.25, 0.3) is 0 Å². The minimum atomic E-state index is -0.176. The number of amides is 1. The van der Waals surface area contributed by atoms with Crippen molar-refractivity contribution in [1.29, 1.82) is 0 Å². The van der Waals surface area contributed by atoms with Crippen LogP contribution in [0.15, 0.2) is 18.5 Å². The van der Waals surface area contributed by atoms with Crippen LogP contribution in [0, 0.1) is 0 Å². The topological polar surface area (TPSA) is 69.6 Å². The Balaban J connectivity index is 1.75. The smallest absolute Gasteiger partial charge is 0.245 e. The molecule has 2 heterocycles. The summed E-state index contributed by atoms with van der Waals surface area (Å²) in [6, 6.07) is 1.93. The Hall–Kier alpha value is -1.69. The van der Waals surface area contributed by atoms with Crippen molar-refractivity contribution in [2.45, 2.75) is 37.8 Å². The maximum absolute atomic E-state index is 12.7. The fourth-order valence-corrected chi connectivity index (χ4v) is 2.86. The maximum Gasteiger partial charge on any atom is 0.245 e. The van der Waals surface area contributed by atoms with Gasteiger partial charge in [0.1, 0.15) is 6.04 Å². The number of anilines is 1. The average molecular weight is 276 g/mol. The molecule has 0 aromatic carbocycles. The molecular formula is C14H20N4O2. The fourth-order valence-electron chi connectivity index (χ4n) is 2.86. The Morgan fingerprint density at radius 1 is 1.35 bits per heavy atom. The molecule has 1 saturated heterocycles. The van der Waals surface area contributed by atoms with Crippen LogP contribution < -0.4 is 4.90 Å². The molecule has 1 aromatic rings. The minimum Gasteiger partial charge on any atom is -0.395 e. The van der Waals surface area contributed by atoms with Crippen molar-refractivity contribution in [3.63, 3.8) is 0 Å². The van der Waals surface area contributed by atoms with E-state index in [-0.39, 0.29) is 18.6 Å². The highest BCUT2D eigenvalue weighted by Crippen LogP contribution is 2.30. The van der Waals surface area contributed by atoms with Gasteiger partial charge in [0.2, 0.25) is 11.9 Å². The van der Waals surface area contributed by atoms with Crippen LogP contribution in [-0.2, 0) is 4.79 Å². The van der Waals surface area contributed by atoms with Crippen LogP contribution >= 0.6 is 0 Å². The van der Waals surface area contributed by atoms with Gasteiger partial charge in [0, 0.05) is 31.5 Å². The molecule has 0 bridgehead atoms. The number of aromatic nitrogens is 2. The summed E-state index contributed by atoms with van der Waals surface area (Å²) in [6.45, 7) is 1.28. The second kappa shape index (κ2) is 5.75. The summed E-state index contributed by atoms with van der Waals surface area (Å²) in [7, 11) is 0. The van der Waals surface area contributed by atoms with Gasteiger partial charge >= 0.3 is 0 Å². The molecule has 1 N–H and O–H groups in total. The van der Waals surface area contributed by atoms with E-state index in [0.717, 1.165) is 32.2 Å². The van der Waals surface area contributed by atoms with Gasteiger partial charge in [0.25, 0.3) is 0 Å². The van der Waals surface area contributed by atoms with Gasteiger partial charge < -0.3 is 14.9 Å². The SMILES string of the molecule is O=C(C1CCCN1c1ncccn1)N(CCO)C1CC1. The molecule has 1 aliphatic heterocycles. The van der Waals surface area contributed by atoms with Crippen molar-refractivity contribution in [3.05, 3.63) is 18.5 Å². The van der Waals surface area contributed by atoms with Crippen LogP contribution in [0.4, 0.5) is 5.95 Å². The average Bonchev–Trinajstić information content (AvgIpc) is 3.20. The number of rotatable bonds is 5. The van der Waals surface area contributed by atoms with Crippen molar-refractivity contribution in [3.8, 4) is 0 Å². The van der Waals surface area contributed by atoms with E-state index in [4.69, 9.17) is 5.11 Å². The van der Waals surface area contributed by atoms with Gasteiger partial charge in [-0.2, -0.15) is 0 Å². The lowest BCUT2D eigenvalue weighted by Gasteiger charge is -2.30. The third kappa shape index (κ3) is 2.60. The zero-order valence-corrected chi connectivity index (χ0v) is 11.5. The van der Waals surface area contributed by atoms with Crippen molar-refractivity contribution in [2.24, 2.45) is 0 Å². The largest absolute Gasteiger partial charge is 0.395 e. The first kappa shape index (κ1) is 13.3. The van der Waals surface area contributed by atoms with Gasteiger partial charge in [0.05, 0.1) is 6.61 Å². The summed E-state index contributed by atoms with van der Waals surface area (Å²) in [5, 5.41) is 9.16. The van der Waals surface area contributed by atoms with Gasteiger partial charge in [-0.25, -0.2) is 9.97 Å². The molecule has 1 unspecified atom stereocenters. The molecule has 1 aliphatic carbocycles. The number of carbonyl (C=O) groups excluding carboxylic acids is 1. The molecule has 2 fully saturated rings. The molecule has 0 radical (unpaired) electrons. The highest BCUT2D eigenvalue weighted by molar-refractivity contribution is 5.86. The third-order valence-corrected chi connectivity index (χ3v) is 3.96. The highest BCUT2D eigenvalue weighted by atomic mass is 16.3. The first-order valence-corrected chi connectivity index (χ1v) is 7.26. The predicted molar refractivity (Wildman–Crippen MR) is 74.2 cm³/mol. The molecule has 1 aromatic heterocycles. The van der Waals surface area contributed by atoms with E-state index in [2.05, 4.69) is 9.97 Å². The number of carbonyl (C=O) groups is 1. The van der Waals surface area contributed by atoms with Crippen LogP contribution in [0.2, 0.25) is 0 Å². The van der Waals surface area contributed by atoms with Crippen LogP contribution in [0.5, 0.6) is 0 Å². The first-order valence-electron chi connectivity index (χ1n) is 7.26. The zero-order valence-electron chi connectivity index (χ0n) is 11.5. The van der Waals surface area contributed by atoms with E-state index in [0.29, 0.717) is 18.5 Å². The van der Waals surface area contributed by atoms with E-state index in [1.807, 2.05) is 9.80 Å². The minimum absolute atomic E-state index is 0.0246. The molecule has 6 heteroatoms. The van der Waals surface area contributed by atoms with E-state index in [1.165, 1.54) is 0 Å². The lowest BCUT2D eigenvalue weighted by atomic mass is 10.2. The van der Waals surface area contributed by atoms with Gasteiger partial charge in [-0.15, -0.1) is 0 Å². The third-order valence-electron chi connectivity index (χ3n) is 3.96. The maximum atomic E-state index is 12.7. The second-order valence-electron chi connectivity index (χ2n) is 5.39. The summed E-state index contributed by atoms with van der Waals surface area (Å²) in [5.41, 5.74) is 0. The summed E-state index contributed by atoms with van der Waals surface area (Å²) in [5.74, 6) is 0.745. The Kier molecular flexibility index (Phi) is 3.82. The van der Waals surface area contributed by atoms with E-state index in [9.17, 15) is 4.79 Å². The van der Waals surface area contributed by atoms with E-state index in [1.54, 1.807) is 18.5 Å². The Labute approximate surface area is 118 Å². The van der Waals surface area contributed by atoms with Crippen molar-refractivity contribution < 1.29 is 9.90 Å². The molecule has 3 rings (SSSR count). The number of hydrogen-bond donors (Lipinski definition) is 1. The molecule has 6 nitrogen and oxygen atoms in total. The van der Waals surface area contributed by atoms with Crippen LogP contribution in [0.1, 0.15) is 25.7 Å². The quantitative estimate of drug-likeness (QED) is 0.844. The molecule has 1 atom stereocenters. The number of aliphatic hydroxyl groups excluding tert-OH is 1. The molecular weight excluding hydrogens is 256 g/mol. The summed E-state index contributed by atoms with van der Waals surface area (Å²) >= 11 is 0. The lowest BCUT2D eigenvalue weighted by molar-refractivity contribution is -0.133. The molecule has 20 heavy (non-hydrogen) atoms. The van der Waals surface area contributed by atoms with Crippen LogP contribution in [-0.4, -0.2) is 57.7 Å². The monoisotopic (exact) mass is 276 g/mol. The zero-order chi connectivity index (χ0) is 13.9. The first-order chi connectivity index (χ1) is 9.81. The van der Waals surface area contributed by atoms with Gasteiger partial charge in [0.15, 0.2) is 0 Å². The Morgan fingerprint density at radius 2 is 2.10 bits per heavy atom. The van der Waals surface area contributed by atoms with E-state index >= 15 is 0 Å². The molecule has 0 spiro atoms. The fraction of sp³-hybridized carbons (Fsp3) is 0.643. The second-order valence-corrected chi connectivity index (χ2v) is 5.39. The summed E-state index contributed by atoms with van der Waals surface area (Å²) in [6.07, 6.45) is 7.34. The van der Waals surface area contributed by atoms with Crippen molar-refractivity contribution in [1.82, 2.24) is 14.9 Å². The highest BCUT2D eigenvalue weighted by Gasteiger charge is 2.40. The van der Waals surface area contributed by atoms with Crippen molar-refractivity contribution >= 4 is 11.9 Å². The van der Waals surface area contributed by atoms with Gasteiger partial charge in [-0.05, 0) is 31.7 Å².